The Morgan fingerprint density at radius 2 is 1.95 bits per heavy atom. The van der Waals surface area contributed by atoms with Gasteiger partial charge in [0.25, 0.3) is 0 Å². The van der Waals surface area contributed by atoms with E-state index < -0.39 is 0 Å². The molecule has 0 radical (unpaired) electrons. The fourth-order valence-electron chi connectivity index (χ4n) is 2.19. The molecule has 3 N–H and O–H groups in total. The number of nitrogens with one attached hydrogen (secondary N) is 1. The summed E-state index contributed by atoms with van der Waals surface area (Å²) < 4.78 is 16.1. The van der Waals surface area contributed by atoms with Crippen LogP contribution in [-0.4, -0.2) is 30.5 Å². The number of ether oxygens (including phenoxy) is 3. The number of benzene rings is 1. The molecular formula is C14H16N4O3. The quantitative estimate of drug-likeness (QED) is 0.635. The summed E-state index contributed by atoms with van der Waals surface area (Å²) in [4.78, 5) is 0. The Hall–Kier alpha value is -2.38. The summed E-state index contributed by atoms with van der Waals surface area (Å²) >= 11 is 0. The third-order valence-electron chi connectivity index (χ3n) is 3.23. The van der Waals surface area contributed by atoms with Crippen molar-refractivity contribution in [2.75, 3.05) is 20.3 Å². The van der Waals surface area contributed by atoms with Crippen LogP contribution >= 0.6 is 0 Å². The standard InChI is InChI=1S/C14H16N4O3/c1-19-13-5-3-10(17-18-13)14(16-15)9-2-4-11-12(8-9)21-7-6-20-11/h2-5,8,14,16H,6-7,15H2,1H3. The van der Waals surface area contributed by atoms with Gasteiger partial charge in [0.05, 0.1) is 18.8 Å². The molecule has 3 rings (SSSR count). The van der Waals surface area contributed by atoms with Gasteiger partial charge in [0.2, 0.25) is 5.88 Å². The molecule has 1 aliphatic heterocycles. The summed E-state index contributed by atoms with van der Waals surface area (Å²) in [7, 11) is 1.54. The number of rotatable bonds is 4. The van der Waals surface area contributed by atoms with Gasteiger partial charge in [-0.3, -0.25) is 5.84 Å². The van der Waals surface area contributed by atoms with Crippen LogP contribution in [-0.2, 0) is 0 Å². The molecule has 1 aromatic heterocycles. The van der Waals surface area contributed by atoms with E-state index in [0.717, 1.165) is 11.3 Å². The van der Waals surface area contributed by atoms with Crippen molar-refractivity contribution >= 4 is 0 Å². The van der Waals surface area contributed by atoms with Gasteiger partial charge in [0.1, 0.15) is 13.2 Å². The third kappa shape index (κ3) is 2.74. The molecule has 1 aliphatic rings. The van der Waals surface area contributed by atoms with E-state index in [4.69, 9.17) is 20.1 Å². The number of hydrogen-bond donors (Lipinski definition) is 2. The minimum absolute atomic E-state index is 0.292. The molecule has 0 spiro atoms. The van der Waals surface area contributed by atoms with Crippen LogP contribution in [0.25, 0.3) is 0 Å². The van der Waals surface area contributed by atoms with E-state index in [0.29, 0.717) is 30.5 Å². The van der Waals surface area contributed by atoms with Gasteiger partial charge in [0.15, 0.2) is 11.5 Å². The highest BCUT2D eigenvalue weighted by molar-refractivity contribution is 5.46. The van der Waals surface area contributed by atoms with Crippen molar-refractivity contribution in [1.82, 2.24) is 15.6 Å². The molecule has 0 saturated carbocycles. The molecule has 0 amide bonds. The minimum Gasteiger partial charge on any atom is -0.486 e. The Kier molecular flexibility index (Phi) is 3.85. The molecule has 7 nitrogen and oxygen atoms in total. The Balaban J connectivity index is 1.91. The molecule has 7 heteroatoms. The Morgan fingerprint density at radius 3 is 2.62 bits per heavy atom. The second kappa shape index (κ2) is 5.94. The molecule has 1 unspecified atom stereocenters. The predicted molar refractivity (Wildman–Crippen MR) is 75.2 cm³/mol. The van der Waals surface area contributed by atoms with Crippen molar-refractivity contribution in [2.45, 2.75) is 6.04 Å². The number of methoxy groups -OCH3 is 1. The lowest BCUT2D eigenvalue weighted by molar-refractivity contribution is 0.171. The highest BCUT2D eigenvalue weighted by Crippen LogP contribution is 2.33. The average Bonchev–Trinajstić information content (AvgIpc) is 2.56. The zero-order chi connectivity index (χ0) is 14.7. The topological polar surface area (TPSA) is 91.5 Å². The first-order valence-electron chi connectivity index (χ1n) is 6.55. The van der Waals surface area contributed by atoms with E-state index in [1.54, 1.807) is 13.2 Å². The van der Waals surface area contributed by atoms with Gasteiger partial charge >= 0.3 is 0 Å². The molecule has 1 aromatic carbocycles. The smallest absolute Gasteiger partial charge is 0.233 e. The molecule has 0 fully saturated rings. The maximum atomic E-state index is 5.66. The lowest BCUT2D eigenvalue weighted by Gasteiger charge is -2.21. The first-order chi connectivity index (χ1) is 10.3. The Morgan fingerprint density at radius 1 is 1.14 bits per heavy atom. The number of hydrogen-bond acceptors (Lipinski definition) is 7. The van der Waals surface area contributed by atoms with Crippen molar-refractivity contribution in [3.05, 3.63) is 41.6 Å². The van der Waals surface area contributed by atoms with Gasteiger partial charge in [-0.25, -0.2) is 5.43 Å². The fourth-order valence-corrected chi connectivity index (χ4v) is 2.19. The van der Waals surface area contributed by atoms with Crippen LogP contribution < -0.4 is 25.5 Å². The van der Waals surface area contributed by atoms with E-state index in [9.17, 15) is 0 Å². The van der Waals surface area contributed by atoms with E-state index in [-0.39, 0.29) is 6.04 Å². The lowest BCUT2D eigenvalue weighted by atomic mass is 10.0. The highest BCUT2D eigenvalue weighted by atomic mass is 16.6. The summed E-state index contributed by atoms with van der Waals surface area (Å²) in [6, 6.07) is 8.94. The van der Waals surface area contributed by atoms with Crippen LogP contribution in [0, 0.1) is 0 Å². The second-order valence-corrected chi connectivity index (χ2v) is 4.50. The van der Waals surface area contributed by atoms with Crippen LogP contribution in [0.2, 0.25) is 0 Å². The molecule has 1 atom stereocenters. The van der Waals surface area contributed by atoms with Crippen LogP contribution in [0.4, 0.5) is 0 Å². The number of fused-ring (bicyclic) bond motifs is 1. The van der Waals surface area contributed by atoms with E-state index in [2.05, 4.69) is 15.6 Å². The molecule has 21 heavy (non-hydrogen) atoms. The zero-order valence-corrected chi connectivity index (χ0v) is 11.6. The highest BCUT2D eigenvalue weighted by Gasteiger charge is 2.19. The van der Waals surface area contributed by atoms with Crippen molar-refractivity contribution in [3.8, 4) is 17.4 Å². The van der Waals surface area contributed by atoms with Gasteiger partial charge < -0.3 is 14.2 Å². The summed E-state index contributed by atoms with van der Waals surface area (Å²) in [5.74, 6) is 7.56. The van der Waals surface area contributed by atoms with Crippen LogP contribution in [0.15, 0.2) is 30.3 Å². The van der Waals surface area contributed by atoms with Crippen molar-refractivity contribution in [2.24, 2.45) is 5.84 Å². The fraction of sp³-hybridized carbons (Fsp3) is 0.286. The molecule has 2 aromatic rings. The third-order valence-corrected chi connectivity index (χ3v) is 3.23. The number of nitrogens with two attached hydrogens (primary N) is 1. The number of nitrogens with zero attached hydrogens (tertiary/aromatic N) is 2. The summed E-state index contributed by atoms with van der Waals surface area (Å²) in [5, 5.41) is 8.07. The van der Waals surface area contributed by atoms with Gasteiger partial charge in [0, 0.05) is 6.07 Å². The average molecular weight is 288 g/mol. The van der Waals surface area contributed by atoms with Gasteiger partial charge in [-0.15, -0.1) is 10.2 Å². The molecule has 0 bridgehead atoms. The number of aromatic nitrogens is 2. The second-order valence-electron chi connectivity index (χ2n) is 4.50. The van der Waals surface area contributed by atoms with E-state index in [1.165, 1.54) is 0 Å². The normalized spacial score (nSPS) is 14.6. The van der Waals surface area contributed by atoms with E-state index >= 15 is 0 Å². The zero-order valence-electron chi connectivity index (χ0n) is 11.6. The van der Waals surface area contributed by atoms with Crippen molar-refractivity contribution < 1.29 is 14.2 Å². The summed E-state index contributed by atoms with van der Waals surface area (Å²) in [6.45, 7) is 1.11. The maximum absolute atomic E-state index is 5.66. The minimum atomic E-state index is -0.292. The molecular weight excluding hydrogens is 272 g/mol. The summed E-state index contributed by atoms with van der Waals surface area (Å²) in [5.41, 5.74) is 4.35. The Labute approximate surface area is 122 Å². The molecule has 110 valence electrons. The number of hydrazine groups is 1. The van der Waals surface area contributed by atoms with Crippen LogP contribution in [0.1, 0.15) is 17.3 Å². The lowest BCUT2D eigenvalue weighted by Crippen LogP contribution is -2.30. The largest absolute Gasteiger partial charge is 0.486 e. The molecule has 0 saturated heterocycles. The van der Waals surface area contributed by atoms with Crippen molar-refractivity contribution in [1.29, 1.82) is 0 Å². The van der Waals surface area contributed by atoms with Crippen LogP contribution in [0.5, 0.6) is 17.4 Å². The van der Waals surface area contributed by atoms with Crippen molar-refractivity contribution in [3.63, 3.8) is 0 Å². The molecule has 2 heterocycles. The van der Waals surface area contributed by atoms with Gasteiger partial charge in [-0.2, -0.15) is 0 Å². The monoisotopic (exact) mass is 288 g/mol. The van der Waals surface area contributed by atoms with Gasteiger partial charge in [-0.1, -0.05) is 6.07 Å². The van der Waals surface area contributed by atoms with Gasteiger partial charge in [-0.05, 0) is 23.8 Å². The maximum Gasteiger partial charge on any atom is 0.233 e. The predicted octanol–water partition coefficient (Wildman–Crippen LogP) is 0.809. The molecule has 0 aliphatic carbocycles. The van der Waals surface area contributed by atoms with E-state index in [1.807, 2.05) is 24.3 Å². The first-order valence-corrected chi connectivity index (χ1v) is 6.55. The first kappa shape index (κ1) is 13.6. The SMILES string of the molecule is COc1ccc(C(NN)c2ccc3c(c2)OCCO3)nn1. The Bertz CT molecular complexity index is 618. The van der Waals surface area contributed by atoms with Crippen LogP contribution in [0.3, 0.4) is 0 Å². The summed E-state index contributed by atoms with van der Waals surface area (Å²) in [6.07, 6.45) is 0.